The number of nitrogens with one attached hydrogen (secondary N) is 2. The summed E-state index contributed by atoms with van der Waals surface area (Å²) in [5.41, 5.74) is 4.24. The molecule has 4 heterocycles. The molecule has 1 amide bonds. The van der Waals surface area contributed by atoms with Crippen molar-refractivity contribution in [2.45, 2.75) is 25.6 Å². The van der Waals surface area contributed by atoms with Crippen molar-refractivity contribution in [1.82, 2.24) is 29.7 Å². The summed E-state index contributed by atoms with van der Waals surface area (Å²) in [5.74, 6) is 1.10. The molecule has 3 aromatic heterocycles. The van der Waals surface area contributed by atoms with Crippen molar-refractivity contribution in [2.24, 2.45) is 0 Å². The van der Waals surface area contributed by atoms with Crippen molar-refractivity contribution in [3.05, 3.63) is 72.2 Å². The topological polar surface area (TPSA) is 108 Å². The Morgan fingerprint density at radius 3 is 2.89 bits per heavy atom. The number of aromatic nitrogens is 4. The zero-order valence-corrected chi connectivity index (χ0v) is 19.7. The smallest absolute Gasteiger partial charge is 0.239 e. The minimum Gasteiger partial charge on any atom is -0.390 e. The molecule has 0 radical (unpaired) electrons. The highest BCUT2D eigenvalue weighted by Crippen LogP contribution is 2.22. The van der Waals surface area contributed by atoms with Crippen molar-refractivity contribution in [1.29, 1.82) is 0 Å². The second-order valence-corrected chi connectivity index (χ2v) is 8.81. The van der Waals surface area contributed by atoms with Gasteiger partial charge in [0.2, 0.25) is 5.91 Å². The van der Waals surface area contributed by atoms with Crippen LogP contribution in [0.2, 0.25) is 0 Å². The normalized spacial score (nSPS) is 14.5. The van der Waals surface area contributed by atoms with E-state index in [9.17, 15) is 9.90 Å². The quantitative estimate of drug-likeness (QED) is 0.361. The highest BCUT2D eigenvalue weighted by atomic mass is 16.3. The number of benzene rings is 1. The number of aliphatic hydroxyl groups excluding tert-OH is 1. The van der Waals surface area contributed by atoms with Gasteiger partial charge in [0.15, 0.2) is 5.82 Å². The van der Waals surface area contributed by atoms with Crippen LogP contribution < -0.4 is 10.6 Å². The maximum Gasteiger partial charge on any atom is 0.239 e. The molecule has 5 rings (SSSR count). The maximum absolute atomic E-state index is 11.8. The molecular formula is C26H29N7O2. The maximum atomic E-state index is 11.8. The lowest BCUT2D eigenvalue weighted by Crippen LogP contribution is -2.39. The van der Waals surface area contributed by atoms with E-state index in [0.717, 1.165) is 30.5 Å². The number of rotatable bonds is 8. The number of carbonyl (C=O) groups is 1. The van der Waals surface area contributed by atoms with Gasteiger partial charge in [-0.3, -0.25) is 9.69 Å². The van der Waals surface area contributed by atoms with Gasteiger partial charge in [-0.05, 0) is 35.7 Å². The number of β-amino-alcohol motifs (C(OH)–C–C–N with tert-alkyl or cyclic N) is 1. The summed E-state index contributed by atoms with van der Waals surface area (Å²) in [4.78, 5) is 27.7. The largest absolute Gasteiger partial charge is 0.390 e. The first-order valence-corrected chi connectivity index (χ1v) is 11.8. The summed E-state index contributed by atoms with van der Waals surface area (Å²) < 4.78 is 1.80. The summed E-state index contributed by atoms with van der Waals surface area (Å²) in [6, 6.07) is 14.1. The molecule has 1 aliphatic rings. The van der Waals surface area contributed by atoms with Crippen LogP contribution in [0.5, 0.6) is 0 Å². The molecule has 0 spiro atoms. The van der Waals surface area contributed by atoms with Crippen LogP contribution >= 0.6 is 0 Å². The molecule has 0 saturated carbocycles. The molecule has 35 heavy (non-hydrogen) atoms. The molecule has 1 atom stereocenters. The van der Waals surface area contributed by atoms with Crippen LogP contribution in [0.3, 0.4) is 0 Å². The minimum absolute atomic E-state index is 0.0922. The van der Waals surface area contributed by atoms with E-state index in [-0.39, 0.29) is 12.5 Å². The van der Waals surface area contributed by atoms with Crippen LogP contribution in [0.15, 0.2) is 61.1 Å². The molecule has 1 aliphatic heterocycles. The average molecular weight is 472 g/mol. The number of nitrogens with zero attached hydrogens (tertiary/aromatic N) is 5. The van der Waals surface area contributed by atoms with Crippen molar-refractivity contribution >= 4 is 22.8 Å². The number of amides is 1. The molecule has 1 unspecified atom stereocenters. The second kappa shape index (κ2) is 10.2. The van der Waals surface area contributed by atoms with E-state index in [2.05, 4.69) is 54.8 Å². The summed E-state index contributed by atoms with van der Waals surface area (Å²) in [5, 5.41) is 17.4. The molecule has 0 fully saturated rings. The SMILES string of the molecule is CNC(=O)Cn1ccc2cnc(-c3ccnc(NCC(O)CN4CCc5ccccc5C4)c3)nc21. The lowest BCUT2D eigenvalue weighted by Gasteiger charge is -2.30. The van der Waals surface area contributed by atoms with Crippen LogP contribution in [-0.2, 0) is 24.3 Å². The number of pyridine rings is 1. The Labute approximate surface area is 203 Å². The summed E-state index contributed by atoms with van der Waals surface area (Å²) in [6.45, 7) is 3.00. The van der Waals surface area contributed by atoms with Crippen LogP contribution in [0.25, 0.3) is 22.4 Å². The molecule has 3 N–H and O–H groups in total. The van der Waals surface area contributed by atoms with Gasteiger partial charge in [-0.15, -0.1) is 0 Å². The average Bonchev–Trinajstić information content (AvgIpc) is 3.29. The molecule has 9 heteroatoms. The fourth-order valence-electron chi connectivity index (χ4n) is 4.43. The summed E-state index contributed by atoms with van der Waals surface area (Å²) >= 11 is 0. The molecule has 0 saturated heterocycles. The first-order chi connectivity index (χ1) is 17.1. The minimum atomic E-state index is -0.522. The Morgan fingerprint density at radius 1 is 1.17 bits per heavy atom. The van der Waals surface area contributed by atoms with E-state index in [0.29, 0.717) is 30.4 Å². The molecule has 0 bridgehead atoms. The Kier molecular flexibility index (Phi) is 6.69. The first-order valence-electron chi connectivity index (χ1n) is 11.8. The van der Waals surface area contributed by atoms with Gasteiger partial charge in [-0.1, -0.05) is 24.3 Å². The highest BCUT2D eigenvalue weighted by Gasteiger charge is 2.18. The zero-order valence-electron chi connectivity index (χ0n) is 19.7. The molecule has 0 aliphatic carbocycles. The van der Waals surface area contributed by atoms with Gasteiger partial charge in [0, 0.05) is 62.8 Å². The number of likely N-dealkylation sites (N-methyl/N-ethyl adjacent to an activating group) is 1. The van der Waals surface area contributed by atoms with Crippen LogP contribution in [0.1, 0.15) is 11.1 Å². The standard InChI is InChI=1S/C26H29N7O2/c1-27-24(35)17-33-11-8-20-13-30-25(31-26(20)33)19-6-9-28-23(12-19)29-14-22(34)16-32-10-7-18-4-2-3-5-21(18)15-32/h2-6,8-9,11-13,22,34H,7,10,14-17H2,1H3,(H,27,35)(H,28,29). The zero-order chi connectivity index (χ0) is 24.2. The van der Waals surface area contributed by atoms with Gasteiger partial charge < -0.3 is 20.3 Å². The lowest BCUT2D eigenvalue weighted by atomic mass is 10.00. The third-order valence-electron chi connectivity index (χ3n) is 6.31. The Bertz CT molecular complexity index is 1340. The van der Waals surface area contributed by atoms with E-state index < -0.39 is 6.10 Å². The number of hydrogen-bond acceptors (Lipinski definition) is 7. The van der Waals surface area contributed by atoms with E-state index in [1.54, 1.807) is 24.0 Å². The Hall–Kier alpha value is -3.82. The predicted octanol–water partition coefficient (Wildman–Crippen LogP) is 2.07. The highest BCUT2D eigenvalue weighted by molar-refractivity contribution is 5.81. The number of hydrogen-bond donors (Lipinski definition) is 3. The monoisotopic (exact) mass is 471 g/mol. The fourth-order valence-corrected chi connectivity index (χ4v) is 4.43. The number of aliphatic hydroxyl groups is 1. The molecule has 1 aromatic carbocycles. The Balaban J connectivity index is 1.23. The number of anilines is 1. The number of fused-ring (bicyclic) bond motifs is 2. The summed E-state index contributed by atoms with van der Waals surface area (Å²) in [7, 11) is 1.61. The van der Waals surface area contributed by atoms with Crippen LogP contribution in [0.4, 0.5) is 5.82 Å². The summed E-state index contributed by atoms with van der Waals surface area (Å²) in [6.07, 6.45) is 5.78. The molecule has 180 valence electrons. The Morgan fingerprint density at radius 2 is 2.03 bits per heavy atom. The third kappa shape index (κ3) is 5.31. The second-order valence-electron chi connectivity index (χ2n) is 8.81. The van der Waals surface area contributed by atoms with Gasteiger partial charge in [0.1, 0.15) is 18.0 Å². The lowest BCUT2D eigenvalue weighted by molar-refractivity contribution is -0.121. The van der Waals surface area contributed by atoms with Crippen molar-refractivity contribution in [3.8, 4) is 11.4 Å². The van der Waals surface area contributed by atoms with Crippen molar-refractivity contribution < 1.29 is 9.90 Å². The fraction of sp³-hybridized carbons (Fsp3) is 0.308. The molecule has 4 aromatic rings. The van der Waals surface area contributed by atoms with Gasteiger partial charge in [0.05, 0.1) is 6.10 Å². The van der Waals surface area contributed by atoms with E-state index >= 15 is 0 Å². The molecular weight excluding hydrogens is 442 g/mol. The van der Waals surface area contributed by atoms with Gasteiger partial charge in [-0.25, -0.2) is 15.0 Å². The molecule has 9 nitrogen and oxygen atoms in total. The van der Waals surface area contributed by atoms with E-state index in [4.69, 9.17) is 0 Å². The van der Waals surface area contributed by atoms with Gasteiger partial charge >= 0.3 is 0 Å². The van der Waals surface area contributed by atoms with E-state index in [1.807, 2.05) is 24.4 Å². The first kappa shape index (κ1) is 22.9. The van der Waals surface area contributed by atoms with Crippen LogP contribution in [-0.4, -0.2) is 68.2 Å². The van der Waals surface area contributed by atoms with Gasteiger partial charge in [0.25, 0.3) is 0 Å². The van der Waals surface area contributed by atoms with Gasteiger partial charge in [-0.2, -0.15) is 0 Å². The number of carbonyl (C=O) groups excluding carboxylic acids is 1. The van der Waals surface area contributed by atoms with Crippen LogP contribution in [0, 0.1) is 0 Å². The third-order valence-corrected chi connectivity index (χ3v) is 6.31. The van der Waals surface area contributed by atoms with Crippen molar-refractivity contribution in [2.75, 3.05) is 32.0 Å². The van der Waals surface area contributed by atoms with E-state index in [1.165, 1.54) is 11.1 Å². The predicted molar refractivity (Wildman–Crippen MR) is 135 cm³/mol. The van der Waals surface area contributed by atoms with Crippen molar-refractivity contribution in [3.63, 3.8) is 0 Å².